The van der Waals surface area contributed by atoms with Gasteiger partial charge in [-0.25, -0.2) is 0 Å². The standard InChI is InChI=1S/C6H13NO3/c1-5(8)4-6(7,9-2)10-3/h4,7H2,1-3H3. The van der Waals surface area contributed by atoms with E-state index in [1.807, 2.05) is 0 Å². The molecule has 0 bridgehead atoms. The molecule has 0 aliphatic heterocycles. The largest absolute Gasteiger partial charge is 0.341 e. The number of nitrogens with two attached hydrogens (primary N) is 1. The minimum absolute atomic E-state index is 0.0637. The van der Waals surface area contributed by atoms with E-state index < -0.39 is 5.91 Å². The highest BCUT2D eigenvalue weighted by atomic mass is 16.7. The Bertz CT molecular complexity index is 120. The number of carbonyl (C=O) groups excluding carboxylic acids is 1. The summed E-state index contributed by atoms with van der Waals surface area (Å²) in [4.78, 5) is 10.5. The lowest BCUT2D eigenvalue weighted by Crippen LogP contribution is -2.45. The fraction of sp³-hybridized carbons (Fsp3) is 0.833. The molecule has 0 amide bonds. The van der Waals surface area contributed by atoms with Crippen molar-refractivity contribution >= 4 is 5.78 Å². The van der Waals surface area contributed by atoms with E-state index in [-0.39, 0.29) is 12.2 Å². The number of carbonyl (C=O) groups is 1. The molecule has 60 valence electrons. The topological polar surface area (TPSA) is 61.5 Å². The molecule has 0 saturated carbocycles. The molecule has 0 atom stereocenters. The molecule has 0 aromatic rings. The molecule has 0 unspecified atom stereocenters. The summed E-state index contributed by atoms with van der Waals surface area (Å²) in [7, 11) is 2.79. The van der Waals surface area contributed by atoms with Crippen molar-refractivity contribution in [3.05, 3.63) is 0 Å². The Balaban J connectivity index is 3.92. The van der Waals surface area contributed by atoms with Crippen molar-refractivity contribution in [2.75, 3.05) is 14.2 Å². The van der Waals surface area contributed by atoms with Gasteiger partial charge >= 0.3 is 0 Å². The van der Waals surface area contributed by atoms with Gasteiger partial charge in [0.05, 0.1) is 6.42 Å². The Labute approximate surface area is 60.3 Å². The first kappa shape index (κ1) is 9.55. The third kappa shape index (κ3) is 2.91. The van der Waals surface area contributed by atoms with E-state index in [2.05, 4.69) is 0 Å². The maximum absolute atomic E-state index is 10.5. The summed E-state index contributed by atoms with van der Waals surface area (Å²) < 4.78 is 9.46. The van der Waals surface area contributed by atoms with Crippen LogP contribution in [0, 0.1) is 0 Å². The minimum atomic E-state index is -1.24. The summed E-state index contributed by atoms with van der Waals surface area (Å²) in [6.07, 6.45) is 0.0694. The van der Waals surface area contributed by atoms with Gasteiger partial charge < -0.3 is 9.47 Å². The third-order valence-corrected chi connectivity index (χ3v) is 1.19. The van der Waals surface area contributed by atoms with Gasteiger partial charge in [0.2, 0.25) is 5.91 Å². The maximum atomic E-state index is 10.5. The molecular weight excluding hydrogens is 134 g/mol. The van der Waals surface area contributed by atoms with Crippen LogP contribution >= 0.6 is 0 Å². The molecule has 0 aliphatic carbocycles. The summed E-state index contributed by atoms with van der Waals surface area (Å²) in [6.45, 7) is 1.43. The molecule has 0 aromatic carbocycles. The molecule has 2 N–H and O–H groups in total. The van der Waals surface area contributed by atoms with Crippen molar-refractivity contribution < 1.29 is 14.3 Å². The fourth-order valence-electron chi connectivity index (χ4n) is 0.575. The number of methoxy groups -OCH3 is 2. The highest BCUT2D eigenvalue weighted by Gasteiger charge is 2.25. The first-order chi connectivity index (χ1) is 4.54. The molecule has 0 heterocycles. The van der Waals surface area contributed by atoms with E-state index in [1.54, 1.807) is 0 Å². The monoisotopic (exact) mass is 147 g/mol. The first-order valence-electron chi connectivity index (χ1n) is 2.92. The minimum Gasteiger partial charge on any atom is -0.341 e. The SMILES string of the molecule is COC(N)(CC(C)=O)OC. The molecule has 0 rings (SSSR count). The normalized spacial score (nSPS) is 11.6. The van der Waals surface area contributed by atoms with Crippen molar-refractivity contribution in [3.63, 3.8) is 0 Å². The van der Waals surface area contributed by atoms with E-state index in [4.69, 9.17) is 15.2 Å². The van der Waals surface area contributed by atoms with Crippen molar-refractivity contribution in [1.29, 1.82) is 0 Å². The smallest absolute Gasteiger partial charge is 0.231 e. The number of hydrogen-bond acceptors (Lipinski definition) is 4. The maximum Gasteiger partial charge on any atom is 0.231 e. The van der Waals surface area contributed by atoms with Gasteiger partial charge in [-0.15, -0.1) is 0 Å². The van der Waals surface area contributed by atoms with Crippen LogP contribution in [0.4, 0.5) is 0 Å². The molecule has 0 radical (unpaired) electrons. The molecule has 0 spiro atoms. The lowest BCUT2D eigenvalue weighted by Gasteiger charge is -2.24. The van der Waals surface area contributed by atoms with Gasteiger partial charge in [0, 0.05) is 14.2 Å². The van der Waals surface area contributed by atoms with E-state index in [0.29, 0.717) is 0 Å². The van der Waals surface area contributed by atoms with Gasteiger partial charge in [-0.05, 0) is 6.92 Å². The lowest BCUT2D eigenvalue weighted by atomic mass is 10.2. The van der Waals surface area contributed by atoms with E-state index in [0.717, 1.165) is 0 Å². The number of ketones is 1. The van der Waals surface area contributed by atoms with Gasteiger partial charge in [-0.3, -0.25) is 10.5 Å². The first-order valence-corrected chi connectivity index (χ1v) is 2.92. The second kappa shape index (κ2) is 3.65. The number of rotatable bonds is 4. The average molecular weight is 147 g/mol. The summed E-state index contributed by atoms with van der Waals surface area (Å²) in [5.74, 6) is -1.31. The van der Waals surface area contributed by atoms with Crippen LogP contribution in [0.2, 0.25) is 0 Å². The Morgan fingerprint density at radius 3 is 2.00 bits per heavy atom. The molecule has 4 nitrogen and oxygen atoms in total. The average Bonchev–Trinajstić information content (AvgIpc) is 1.87. The lowest BCUT2D eigenvalue weighted by molar-refractivity contribution is -0.205. The fourth-order valence-corrected chi connectivity index (χ4v) is 0.575. The Kier molecular flexibility index (Phi) is 3.49. The quantitative estimate of drug-likeness (QED) is 0.563. The van der Waals surface area contributed by atoms with Crippen LogP contribution in [0.1, 0.15) is 13.3 Å². The zero-order valence-corrected chi connectivity index (χ0v) is 6.51. The zero-order valence-electron chi connectivity index (χ0n) is 6.51. The van der Waals surface area contributed by atoms with Crippen LogP contribution in [0.25, 0.3) is 0 Å². The summed E-state index contributed by atoms with van der Waals surface area (Å²) in [6, 6.07) is 0. The summed E-state index contributed by atoms with van der Waals surface area (Å²) in [5, 5.41) is 0. The molecule has 0 aromatic heterocycles. The van der Waals surface area contributed by atoms with Crippen LogP contribution in [0.5, 0.6) is 0 Å². The van der Waals surface area contributed by atoms with Gasteiger partial charge in [0.25, 0.3) is 0 Å². The van der Waals surface area contributed by atoms with Crippen molar-refractivity contribution in [1.82, 2.24) is 0 Å². The van der Waals surface area contributed by atoms with E-state index in [1.165, 1.54) is 21.1 Å². The van der Waals surface area contributed by atoms with Gasteiger partial charge in [0.1, 0.15) is 5.78 Å². The van der Waals surface area contributed by atoms with Crippen molar-refractivity contribution in [3.8, 4) is 0 Å². The van der Waals surface area contributed by atoms with Crippen molar-refractivity contribution in [2.24, 2.45) is 5.73 Å². The number of ether oxygens (including phenoxy) is 2. The van der Waals surface area contributed by atoms with Crippen LogP contribution < -0.4 is 5.73 Å². The predicted octanol–water partition coefficient (Wildman–Crippen LogP) is -0.129. The highest BCUT2D eigenvalue weighted by molar-refractivity contribution is 5.76. The molecule has 0 saturated heterocycles. The second-order valence-corrected chi connectivity index (χ2v) is 2.10. The molecule has 10 heavy (non-hydrogen) atoms. The van der Waals surface area contributed by atoms with Crippen LogP contribution in [-0.4, -0.2) is 25.9 Å². The van der Waals surface area contributed by atoms with Gasteiger partial charge in [-0.2, -0.15) is 0 Å². The van der Waals surface area contributed by atoms with Crippen molar-refractivity contribution in [2.45, 2.75) is 19.3 Å². The van der Waals surface area contributed by atoms with Crippen LogP contribution in [0.15, 0.2) is 0 Å². The molecular formula is C6H13NO3. The molecule has 0 aliphatic rings. The highest BCUT2D eigenvalue weighted by Crippen LogP contribution is 2.07. The van der Waals surface area contributed by atoms with Crippen LogP contribution in [0.3, 0.4) is 0 Å². The van der Waals surface area contributed by atoms with Gasteiger partial charge in [0.15, 0.2) is 0 Å². The third-order valence-electron chi connectivity index (χ3n) is 1.19. The van der Waals surface area contributed by atoms with E-state index in [9.17, 15) is 4.79 Å². The summed E-state index contributed by atoms with van der Waals surface area (Å²) >= 11 is 0. The zero-order chi connectivity index (χ0) is 8.20. The Morgan fingerprint density at radius 1 is 1.50 bits per heavy atom. The number of hydrogen-bond donors (Lipinski definition) is 1. The van der Waals surface area contributed by atoms with Gasteiger partial charge in [-0.1, -0.05) is 0 Å². The number of Topliss-reactive ketones (excluding diaryl/α,β-unsaturated/α-hetero) is 1. The summed E-state index contributed by atoms with van der Waals surface area (Å²) in [5.41, 5.74) is 5.43. The molecule has 4 heteroatoms. The predicted molar refractivity (Wildman–Crippen MR) is 36.2 cm³/mol. The Hall–Kier alpha value is -0.450. The second-order valence-electron chi connectivity index (χ2n) is 2.10. The van der Waals surface area contributed by atoms with Crippen LogP contribution in [-0.2, 0) is 14.3 Å². The molecule has 0 fully saturated rings. The van der Waals surface area contributed by atoms with E-state index >= 15 is 0 Å². The Morgan fingerprint density at radius 2 is 1.90 bits per heavy atom.